The molecule has 0 radical (unpaired) electrons. The lowest BCUT2D eigenvalue weighted by Gasteiger charge is -2.12. The van der Waals surface area contributed by atoms with E-state index in [9.17, 15) is 5.11 Å². The van der Waals surface area contributed by atoms with E-state index in [1.807, 2.05) is 42.5 Å². The number of aromatic nitrogens is 2. The van der Waals surface area contributed by atoms with Crippen molar-refractivity contribution in [2.24, 2.45) is 0 Å². The number of methoxy groups -OCH3 is 1. The third kappa shape index (κ3) is 3.01. The van der Waals surface area contributed by atoms with Crippen LogP contribution in [0.1, 0.15) is 17.2 Å². The van der Waals surface area contributed by atoms with Gasteiger partial charge in [-0.15, -0.1) is 0 Å². The summed E-state index contributed by atoms with van der Waals surface area (Å²) < 4.78 is 5.20. The number of hydrogen-bond acceptors (Lipinski definition) is 4. The van der Waals surface area contributed by atoms with E-state index in [1.54, 1.807) is 19.5 Å². The van der Waals surface area contributed by atoms with Crippen molar-refractivity contribution in [2.45, 2.75) is 12.5 Å². The van der Waals surface area contributed by atoms with Crippen molar-refractivity contribution in [1.29, 1.82) is 0 Å². The van der Waals surface area contributed by atoms with Gasteiger partial charge in [0.2, 0.25) is 0 Å². The Morgan fingerprint density at radius 1 is 1.05 bits per heavy atom. The summed E-state index contributed by atoms with van der Waals surface area (Å²) in [5.41, 5.74) is 3.49. The molecular weight excluding hydrogens is 264 g/mol. The Hall–Kier alpha value is -2.46. The zero-order valence-corrected chi connectivity index (χ0v) is 11.7. The molecule has 0 saturated heterocycles. The maximum absolute atomic E-state index is 10.4. The quantitative estimate of drug-likeness (QED) is 0.798. The van der Waals surface area contributed by atoms with E-state index in [0.29, 0.717) is 6.42 Å². The van der Waals surface area contributed by atoms with Crippen LogP contribution in [0.25, 0.3) is 11.0 Å². The molecule has 3 rings (SSSR count). The van der Waals surface area contributed by atoms with Gasteiger partial charge in [-0.1, -0.05) is 18.2 Å². The molecule has 0 bridgehead atoms. The van der Waals surface area contributed by atoms with Crippen LogP contribution in [0.15, 0.2) is 54.9 Å². The van der Waals surface area contributed by atoms with Crippen LogP contribution < -0.4 is 4.74 Å². The zero-order chi connectivity index (χ0) is 14.7. The minimum atomic E-state index is -0.580. The third-order valence-corrected chi connectivity index (χ3v) is 3.44. The van der Waals surface area contributed by atoms with Gasteiger partial charge in [0.1, 0.15) is 5.75 Å². The lowest BCUT2D eigenvalue weighted by Crippen LogP contribution is -2.02. The molecular formula is C17H16N2O2. The highest BCUT2D eigenvalue weighted by Gasteiger charge is 2.10. The maximum Gasteiger partial charge on any atom is 0.119 e. The minimum absolute atomic E-state index is 0.531. The van der Waals surface area contributed by atoms with E-state index in [1.165, 1.54) is 0 Å². The molecule has 0 amide bonds. The van der Waals surface area contributed by atoms with Gasteiger partial charge >= 0.3 is 0 Å². The second-order valence-electron chi connectivity index (χ2n) is 4.88. The standard InChI is InChI=1S/C17H16N2O2/c1-21-14-4-2-3-12(9-14)10-17(20)13-5-6-15-16(11-13)19-8-7-18-15/h2-9,11,17,20H,10H2,1H3. The van der Waals surface area contributed by atoms with E-state index >= 15 is 0 Å². The van der Waals surface area contributed by atoms with Gasteiger partial charge in [0.15, 0.2) is 0 Å². The molecule has 3 aromatic rings. The van der Waals surface area contributed by atoms with Crippen molar-refractivity contribution in [3.8, 4) is 5.75 Å². The summed E-state index contributed by atoms with van der Waals surface area (Å²) in [7, 11) is 1.64. The lowest BCUT2D eigenvalue weighted by molar-refractivity contribution is 0.178. The maximum atomic E-state index is 10.4. The molecule has 4 nitrogen and oxygen atoms in total. The molecule has 21 heavy (non-hydrogen) atoms. The average Bonchev–Trinajstić information content (AvgIpc) is 2.54. The van der Waals surface area contributed by atoms with Crippen LogP contribution >= 0.6 is 0 Å². The second-order valence-corrected chi connectivity index (χ2v) is 4.88. The molecule has 0 aliphatic carbocycles. The summed E-state index contributed by atoms with van der Waals surface area (Å²) in [4.78, 5) is 8.49. The number of aliphatic hydroxyl groups is 1. The van der Waals surface area contributed by atoms with Gasteiger partial charge in [0, 0.05) is 18.8 Å². The summed E-state index contributed by atoms with van der Waals surface area (Å²) in [6.45, 7) is 0. The van der Waals surface area contributed by atoms with Gasteiger partial charge < -0.3 is 9.84 Å². The molecule has 2 aromatic carbocycles. The number of fused-ring (bicyclic) bond motifs is 1. The Labute approximate surface area is 123 Å². The van der Waals surface area contributed by atoms with Crippen LogP contribution in [0.2, 0.25) is 0 Å². The summed E-state index contributed by atoms with van der Waals surface area (Å²) in [5, 5.41) is 10.4. The number of ether oxygens (including phenoxy) is 1. The molecule has 0 saturated carbocycles. The normalized spacial score (nSPS) is 12.3. The smallest absolute Gasteiger partial charge is 0.119 e. The van der Waals surface area contributed by atoms with Gasteiger partial charge in [-0.25, -0.2) is 0 Å². The molecule has 106 valence electrons. The first-order valence-corrected chi connectivity index (χ1v) is 6.78. The first kappa shape index (κ1) is 13.5. The Balaban J connectivity index is 1.84. The molecule has 0 aliphatic rings. The van der Waals surface area contributed by atoms with E-state index in [2.05, 4.69) is 9.97 Å². The topological polar surface area (TPSA) is 55.2 Å². The molecule has 1 atom stereocenters. The van der Waals surface area contributed by atoms with Crippen LogP contribution in [0, 0.1) is 0 Å². The van der Waals surface area contributed by atoms with E-state index < -0.39 is 6.10 Å². The van der Waals surface area contributed by atoms with Crippen molar-refractivity contribution in [1.82, 2.24) is 9.97 Å². The van der Waals surface area contributed by atoms with Crippen molar-refractivity contribution in [2.75, 3.05) is 7.11 Å². The van der Waals surface area contributed by atoms with Crippen LogP contribution in [-0.2, 0) is 6.42 Å². The highest BCUT2D eigenvalue weighted by atomic mass is 16.5. The van der Waals surface area contributed by atoms with Crippen LogP contribution in [-0.4, -0.2) is 22.2 Å². The van der Waals surface area contributed by atoms with E-state index in [4.69, 9.17) is 4.74 Å². The molecule has 0 spiro atoms. The fourth-order valence-electron chi connectivity index (χ4n) is 2.33. The first-order valence-electron chi connectivity index (χ1n) is 6.78. The number of hydrogen-bond donors (Lipinski definition) is 1. The fourth-order valence-corrected chi connectivity index (χ4v) is 2.33. The average molecular weight is 280 g/mol. The summed E-state index contributed by atoms with van der Waals surface area (Å²) >= 11 is 0. The molecule has 1 N–H and O–H groups in total. The van der Waals surface area contributed by atoms with Crippen LogP contribution in [0.5, 0.6) is 5.75 Å². The predicted molar refractivity (Wildman–Crippen MR) is 81.2 cm³/mol. The molecule has 4 heteroatoms. The molecule has 0 aliphatic heterocycles. The molecule has 0 fully saturated rings. The van der Waals surface area contributed by atoms with Gasteiger partial charge in [0.25, 0.3) is 0 Å². The van der Waals surface area contributed by atoms with Crippen LogP contribution in [0.3, 0.4) is 0 Å². The Morgan fingerprint density at radius 3 is 2.67 bits per heavy atom. The fraction of sp³-hybridized carbons (Fsp3) is 0.176. The third-order valence-electron chi connectivity index (χ3n) is 3.44. The summed E-state index contributed by atoms with van der Waals surface area (Å²) in [5.74, 6) is 0.795. The van der Waals surface area contributed by atoms with E-state index in [0.717, 1.165) is 27.9 Å². The number of aliphatic hydroxyl groups excluding tert-OH is 1. The van der Waals surface area contributed by atoms with Gasteiger partial charge in [-0.3, -0.25) is 9.97 Å². The van der Waals surface area contributed by atoms with Gasteiger partial charge in [-0.2, -0.15) is 0 Å². The Kier molecular flexibility index (Phi) is 3.79. The van der Waals surface area contributed by atoms with Crippen molar-refractivity contribution in [3.63, 3.8) is 0 Å². The molecule has 1 aromatic heterocycles. The molecule has 1 heterocycles. The first-order chi connectivity index (χ1) is 10.3. The predicted octanol–water partition coefficient (Wildman–Crippen LogP) is 2.91. The largest absolute Gasteiger partial charge is 0.497 e. The summed E-state index contributed by atoms with van der Waals surface area (Å²) in [6, 6.07) is 13.4. The monoisotopic (exact) mass is 280 g/mol. The Morgan fingerprint density at radius 2 is 1.86 bits per heavy atom. The highest BCUT2D eigenvalue weighted by molar-refractivity contribution is 5.74. The van der Waals surface area contributed by atoms with E-state index in [-0.39, 0.29) is 0 Å². The van der Waals surface area contributed by atoms with Crippen molar-refractivity contribution < 1.29 is 9.84 Å². The van der Waals surface area contributed by atoms with Gasteiger partial charge in [0.05, 0.1) is 24.2 Å². The minimum Gasteiger partial charge on any atom is -0.497 e. The lowest BCUT2D eigenvalue weighted by atomic mass is 10.0. The van der Waals surface area contributed by atoms with Crippen molar-refractivity contribution in [3.05, 3.63) is 66.0 Å². The SMILES string of the molecule is COc1cccc(CC(O)c2ccc3nccnc3c2)c1. The second kappa shape index (κ2) is 5.89. The Bertz CT molecular complexity index is 758. The van der Waals surface area contributed by atoms with Crippen LogP contribution in [0.4, 0.5) is 0 Å². The summed E-state index contributed by atoms with van der Waals surface area (Å²) in [6.07, 6.45) is 3.27. The highest BCUT2D eigenvalue weighted by Crippen LogP contribution is 2.23. The molecule has 1 unspecified atom stereocenters. The van der Waals surface area contributed by atoms with Gasteiger partial charge in [-0.05, 0) is 35.4 Å². The number of rotatable bonds is 4. The number of benzene rings is 2. The zero-order valence-electron chi connectivity index (χ0n) is 11.7. The number of nitrogens with zero attached hydrogens (tertiary/aromatic N) is 2. The van der Waals surface area contributed by atoms with Crippen molar-refractivity contribution >= 4 is 11.0 Å².